The Kier molecular flexibility index (Phi) is 4.71. The van der Waals surface area contributed by atoms with Crippen LogP contribution in [0.5, 0.6) is 0 Å². The smallest absolute Gasteiger partial charge is 0.337 e. The van der Waals surface area contributed by atoms with Gasteiger partial charge in [0.1, 0.15) is 5.37 Å². The van der Waals surface area contributed by atoms with Crippen molar-refractivity contribution < 1.29 is 19.2 Å². The normalized spacial score (nSPS) is 16.8. The van der Waals surface area contributed by atoms with Crippen molar-refractivity contribution in [2.24, 2.45) is 0 Å². The van der Waals surface area contributed by atoms with Crippen molar-refractivity contribution in [3.05, 3.63) is 69.8 Å². The lowest BCUT2D eigenvalue weighted by molar-refractivity contribution is -0.384. The monoisotopic (exact) mass is 358 g/mol. The van der Waals surface area contributed by atoms with Gasteiger partial charge in [-0.2, -0.15) is 0 Å². The molecule has 0 bridgehead atoms. The number of ether oxygens (including phenoxy) is 1. The van der Waals surface area contributed by atoms with Gasteiger partial charge >= 0.3 is 5.97 Å². The van der Waals surface area contributed by atoms with Crippen LogP contribution in [0.2, 0.25) is 0 Å². The number of nitro benzene ring substituents is 1. The van der Waals surface area contributed by atoms with Crippen LogP contribution in [0.25, 0.3) is 0 Å². The molecule has 2 aromatic rings. The van der Waals surface area contributed by atoms with Gasteiger partial charge in [-0.05, 0) is 42.0 Å². The van der Waals surface area contributed by atoms with E-state index in [9.17, 15) is 19.7 Å². The van der Waals surface area contributed by atoms with Gasteiger partial charge in [0.15, 0.2) is 0 Å². The van der Waals surface area contributed by atoms with Crippen LogP contribution in [0.3, 0.4) is 0 Å². The molecule has 0 saturated carbocycles. The summed E-state index contributed by atoms with van der Waals surface area (Å²) in [5.74, 6) is -0.180. The van der Waals surface area contributed by atoms with E-state index in [2.05, 4.69) is 4.74 Å². The molecule has 0 radical (unpaired) electrons. The van der Waals surface area contributed by atoms with Gasteiger partial charge < -0.3 is 4.74 Å². The van der Waals surface area contributed by atoms with Crippen LogP contribution in [0, 0.1) is 10.1 Å². The summed E-state index contributed by atoms with van der Waals surface area (Å²) in [6.07, 6.45) is 0. The molecule has 1 heterocycles. The second-order valence-corrected chi connectivity index (χ2v) is 6.38. The molecule has 3 rings (SSSR count). The molecule has 2 aromatic carbocycles. The first kappa shape index (κ1) is 17.0. The first-order valence-electron chi connectivity index (χ1n) is 7.37. The van der Waals surface area contributed by atoms with Gasteiger partial charge in [0.05, 0.1) is 23.3 Å². The maximum absolute atomic E-state index is 12.3. The van der Waals surface area contributed by atoms with Crippen molar-refractivity contribution in [2.45, 2.75) is 5.37 Å². The Hall–Kier alpha value is -2.87. The van der Waals surface area contributed by atoms with Crippen molar-refractivity contribution in [3.63, 3.8) is 0 Å². The first-order chi connectivity index (χ1) is 12.0. The second kappa shape index (κ2) is 6.94. The Labute approximate surface area is 147 Å². The maximum atomic E-state index is 12.3. The zero-order valence-electron chi connectivity index (χ0n) is 13.2. The number of carbonyl (C=O) groups excluding carboxylic acids is 2. The fourth-order valence-corrected chi connectivity index (χ4v) is 3.76. The molecule has 1 aliphatic rings. The number of nitro groups is 1. The molecule has 0 spiro atoms. The van der Waals surface area contributed by atoms with Crippen LogP contribution in [0.1, 0.15) is 21.3 Å². The van der Waals surface area contributed by atoms with E-state index in [0.717, 1.165) is 5.56 Å². The van der Waals surface area contributed by atoms with Crippen LogP contribution >= 0.6 is 11.8 Å². The number of amides is 1. The van der Waals surface area contributed by atoms with Crippen molar-refractivity contribution in [1.29, 1.82) is 0 Å². The van der Waals surface area contributed by atoms with Gasteiger partial charge in [0.2, 0.25) is 5.91 Å². The fraction of sp³-hybridized carbons (Fsp3) is 0.176. The Balaban J connectivity index is 1.89. The molecule has 8 heteroatoms. The summed E-state index contributed by atoms with van der Waals surface area (Å²) in [6.45, 7) is 0. The van der Waals surface area contributed by atoms with E-state index in [1.54, 1.807) is 41.3 Å². The minimum atomic E-state index is -0.458. The number of hydrogen-bond donors (Lipinski definition) is 0. The lowest BCUT2D eigenvalue weighted by Gasteiger charge is -2.24. The highest BCUT2D eigenvalue weighted by Gasteiger charge is 2.34. The number of esters is 1. The SMILES string of the molecule is COC(=O)c1ccc(N2C(=O)CS[C@H]2c2ccc([N+](=O)[O-])cc2)cc1. The van der Waals surface area contributed by atoms with Crippen LogP contribution in [0.4, 0.5) is 11.4 Å². The second-order valence-electron chi connectivity index (χ2n) is 5.31. The summed E-state index contributed by atoms with van der Waals surface area (Å²) in [6, 6.07) is 12.8. The predicted octanol–water partition coefficient (Wildman–Crippen LogP) is 3.16. The number of non-ortho nitro benzene ring substituents is 1. The van der Waals surface area contributed by atoms with Crippen LogP contribution < -0.4 is 4.90 Å². The lowest BCUT2D eigenvalue weighted by atomic mass is 10.1. The number of nitrogens with zero attached hydrogens (tertiary/aromatic N) is 2. The first-order valence-corrected chi connectivity index (χ1v) is 8.42. The van der Waals surface area contributed by atoms with Gasteiger partial charge in [-0.15, -0.1) is 11.8 Å². The number of hydrogen-bond acceptors (Lipinski definition) is 6. The van der Waals surface area contributed by atoms with Gasteiger partial charge in [0.25, 0.3) is 5.69 Å². The molecule has 1 amide bonds. The number of thioether (sulfide) groups is 1. The third-order valence-electron chi connectivity index (χ3n) is 3.82. The topological polar surface area (TPSA) is 89.8 Å². The molecule has 0 N–H and O–H groups in total. The molecule has 128 valence electrons. The summed E-state index contributed by atoms with van der Waals surface area (Å²) >= 11 is 1.45. The summed E-state index contributed by atoms with van der Waals surface area (Å²) < 4.78 is 4.67. The van der Waals surface area contributed by atoms with Crippen LogP contribution in [-0.4, -0.2) is 29.7 Å². The standard InChI is InChI=1S/C17H14N2O5S/c1-24-17(21)12-4-6-13(7-5-12)18-15(20)10-25-16(18)11-2-8-14(9-3-11)19(22)23/h2-9,16H,10H2,1H3/t16-/m0/s1. The lowest BCUT2D eigenvalue weighted by Crippen LogP contribution is -2.27. The quantitative estimate of drug-likeness (QED) is 0.474. The molecular formula is C17H14N2O5S. The van der Waals surface area contributed by atoms with Crippen LogP contribution in [0.15, 0.2) is 48.5 Å². The van der Waals surface area contributed by atoms with E-state index < -0.39 is 10.9 Å². The number of anilines is 1. The van der Waals surface area contributed by atoms with Gasteiger partial charge in [-0.3, -0.25) is 19.8 Å². The zero-order valence-corrected chi connectivity index (χ0v) is 14.1. The summed E-state index contributed by atoms with van der Waals surface area (Å²) in [5, 5.41) is 10.5. The van der Waals surface area contributed by atoms with Gasteiger partial charge in [-0.1, -0.05) is 0 Å². The third kappa shape index (κ3) is 3.34. The molecule has 25 heavy (non-hydrogen) atoms. The van der Waals surface area contributed by atoms with Gasteiger partial charge in [0, 0.05) is 17.8 Å². The van der Waals surface area contributed by atoms with Crippen molar-refractivity contribution >= 4 is 35.0 Å². The summed E-state index contributed by atoms with van der Waals surface area (Å²) in [7, 11) is 1.31. The Bertz CT molecular complexity index is 820. The van der Waals surface area contributed by atoms with Crippen molar-refractivity contribution in [2.75, 3.05) is 17.8 Å². The molecular weight excluding hydrogens is 344 g/mol. The third-order valence-corrected chi connectivity index (χ3v) is 5.04. The molecule has 1 atom stereocenters. The maximum Gasteiger partial charge on any atom is 0.337 e. The van der Waals surface area contributed by atoms with E-state index in [-0.39, 0.29) is 17.0 Å². The summed E-state index contributed by atoms with van der Waals surface area (Å²) in [5.41, 5.74) is 1.87. The fourth-order valence-electron chi connectivity index (χ4n) is 2.59. The van der Waals surface area contributed by atoms with Gasteiger partial charge in [-0.25, -0.2) is 4.79 Å². The molecule has 0 aromatic heterocycles. The highest BCUT2D eigenvalue weighted by atomic mass is 32.2. The summed E-state index contributed by atoms with van der Waals surface area (Å²) in [4.78, 5) is 35.8. The number of benzene rings is 2. The molecule has 1 aliphatic heterocycles. The average molecular weight is 358 g/mol. The predicted molar refractivity (Wildman–Crippen MR) is 93.6 cm³/mol. The highest BCUT2D eigenvalue weighted by molar-refractivity contribution is 8.00. The minimum Gasteiger partial charge on any atom is -0.465 e. The molecule has 1 fully saturated rings. The molecule has 0 aliphatic carbocycles. The Morgan fingerprint density at radius 2 is 1.84 bits per heavy atom. The van der Waals surface area contributed by atoms with E-state index >= 15 is 0 Å². The number of rotatable bonds is 4. The average Bonchev–Trinajstić information content (AvgIpc) is 3.02. The minimum absolute atomic E-state index is 0.00653. The highest BCUT2D eigenvalue weighted by Crippen LogP contribution is 2.42. The molecule has 0 unspecified atom stereocenters. The Morgan fingerprint density at radius 1 is 1.20 bits per heavy atom. The van der Waals surface area contributed by atoms with Crippen molar-refractivity contribution in [1.82, 2.24) is 0 Å². The zero-order chi connectivity index (χ0) is 18.0. The van der Waals surface area contributed by atoms with E-state index in [0.29, 0.717) is 17.0 Å². The largest absolute Gasteiger partial charge is 0.465 e. The molecule has 7 nitrogen and oxygen atoms in total. The van der Waals surface area contributed by atoms with E-state index in [1.807, 2.05) is 0 Å². The van der Waals surface area contributed by atoms with Crippen LogP contribution in [-0.2, 0) is 9.53 Å². The van der Waals surface area contributed by atoms with E-state index in [4.69, 9.17) is 0 Å². The number of methoxy groups -OCH3 is 1. The number of carbonyl (C=O) groups is 2. The van der Waals surface area contributed by atoms with Crippen molar-refractivity contribution in [3.8, 4) is 0 Å². The Morgan fingerprint density at radius 3 is 2.40 bits per heavy atom. The van der Waals surface area contributed by atoms with E-state index in [1.165, 1.54) is 31.0 Å². The molecule has 1 saturated heterocycles.